The maximum Gasteiger partial charge on any atom is 0.137 e. The number of pyridine rings is 1. The van der Waals surface area contributed by atoms with Crippen LogP contribution in [0.25, 0.3) is 5.65 Å². The summed E-state index contributed by atoms with van der Waals surface area (Å²) in [5.41, 5.74) is 1.89. The number of hydrogen-bond donors (Lipinski definition) is 1. The molecule has 0 aromatic carbocycles. The SMILES string of the molecule is CN(Cc1cn2cc(Cl)ccc2n1)CC(O)C1CC1. The highest BCUT2D eigenvalue weighted by Crippen LogP contribution is 2.32. The van der Waals surface area contributed by atoms with E-state index >= 15 is 0 Å². The number of aromatic nitrogens is 2. The second kappa shape index (κ2) is 5.12. The van der Waals surface area contributed by atoms with E-state index < -0.39 is 0 Å². The van der Waals surface area contributed by atoms with Gasteiger partial charge in [-0.25, -0.2) is 4.98 Å². The Balaban J connectivity index is 1.66. The Morgan fingerprint density at radius 2 is 2.26 bits per heavy atom. The molecule has 1 saturated carbocycles. The van der Waals surface area contributed by atoms with Crippen LogP contribution in [0.4, 0.5) is 0 Å². The van der Waals surface area contributed by atoms with E-state index in [9.17, 15) is 5.11 Å². The molecule has 0 amide bonds. The number of aliphatic hydroxyl groups excluding tert-OH is 1. The molecule has 4 nitrogen and oxygen atoms in total. The predicted octanol–water partition coefficient (Wildman–Crippen LogP) is 2.19. The first-order valence-corrected chi connectivity index (χ1v) is 6.99. The summed E-state index contributed by atoms with van der Waals surface area (Å²) in [6, 6.07) is 3.75. The van der Waals surface area contributed by atoms with Crippen molar-refractivity contribution in [3.63, 3.8) is 0 Å². The van der Waals surface area contributed by atoms with E-state index in [0.29, 0.717) is 17.5 Å². The number of likely N-dealkylation sites (N-methyl/N-ethyl adjacent to an activating group) is 1. The first-order chi connectivity index (χ1) is 9.11. The molecule has 1 unspecified atom stereocenters. The first kappa shape index (κ1) is 12.9. The average Bonchev–Trinajstić information content (AvgIpc) is 3.11. The summed E-state index contributed by atoms with van der Waals surface area (Å²) in [6.45, 7) is 1.45. The standard InChI is InChI=1S/C14H18ClN3O/c1-17(9-13(19)10-2-3-10)7-12-8-18-6-11(15)4-5-14(18)16-12/h4-6,8,10,13,19H,2-3,7,9H2,1H3. The molecule has 1 aliphatic carbocycles. The minimum atomic E-state index is -0.198. The first-order valence-electron chi connectivity index (χ1n) is 6.61. The van der Waals surface area contributed by atoms with Gasteiger partial charge in [-0.15, -0.1) is 0 Å². The van der Waals surface area contributed by atoms with Gasteiger partial charge in [0.15, 0.2) is 0 Å². The third-order valence-corrected chi connectivity index (χ3v) is 3.79. The Labute approximate surface area is 117 Å². The molecule has 5 heteroatoms. The molecule has 2 heterocycles. The van der Waals surface area contributed by atoms with Crippen molar-refractivity contribution >= 4 is 17.2 Å². The summed E-state index contributed by atoms with van der Waals surface area (Å²) in [5.74, 6) is 0.516. The Kier molecular flexibility index (Phi) is 3.48. The van der Waals surface area contributed by atoms with E-state index in [1.54, 1.807) is 0 Å². The van der Waals surface area contributed by atoms with Crippen LogP contribution in [0.2, 0.25) is 5.02 Å². The Bertz CT molecular complexity index is 579. The molecule has 1 aliphatic rings. The summed E-state index contributed by atoms with van der Waals surface area (Å²) in [6.07, 6.45) is 5.98. The molecule has 2 aromatic rings. The quantitative estimate of drug-likeness (QED) is 0.912. The molecule has 1 atom stereocenters. The van der Waals surface area contributed by atoms with E-state index in [1.807, 2.05) is 36.0 Å². The molecule has 1 N–H and O–H groups in total. The Morgan fingerprint density at radius 3 is 3.00 bits per heavy atom. The van der Waals surface area contributed by atoms with E-state index in [1.165, 1.54) is 12.8 Å². The smallest absolute Gasteiger partial charge is 0.137 e. The number of nitrogens with zero attached hydrogens (tertiary/aromatic N) is 3. The van der Waals surface area contributed by atoms with Crippen molar-refractivity contribution in [2.45, 2.75) is 25.5 Å². The van der Waals surface area contributed by atoms with Gasteiger partial charge in [0.05, 0.1) is 16.8 Å². The van der Waals surface area contributed by atoms with Crippen LogP contribution in [0.3, 0.4) is 0 Å². The van der Waals surface area contributed by atoms with Crippen LogP contribution in [0.5, 0.6) is 0 Å². The number of halogens is 1. The summed E-state index contributed by atoms with van der Waals surface area (Å²) in [7, 11) is 2.02. The number of imidazole rings is 1. The van der Waals surface area contributed by atoms with Gasteiger partial charge < -0.3 is 9.51 Å². The van der Waals surface area contributed by atoms with Gasteiger partial charge in [-0.3, -0.25) is 4.90 Å². The van der Waals surface area contributed by atoms with E-state index in [0.717, 1.165) is 17.9 Å². The van der Waals surface area contributed by atoms with Gasteiger partial charge in [0.2, 0.25) is 0 Å². The van der Waals surface area contributed by atoms with Gasteiger partial charge in [0, 0.05) is 25.5 Å². The largest absolute Gasteiger partial charge is 0.392 e. The molecule has 0 spiro atoms. The lowest BCUT2D eigenvalue weighted by atomic mass is 10.2. The van der Waals surface area contributed by atoms with Gasteiger partial charge in [0.1, 0.15) is 5.65 Å². The summed E-state index contributed by atoms with van der Waals surface area (Å²) < 4.78 is 1.93. The van der Waals surface area contributed by atoms with Crippen LogP contribution in [-0.4, -0.2) is 39.1 Å². The van der Waals surface area contributed by atoms with Crippen LogP contribution in [-0.2, 0) is 6.54 Å². The molecule has 0 aliphatic heterocycles. The second-order valence-corrected chi connectivity index (χ2v) is 5.88. The predicted molar refractivity (Wildman–Crippen MR) is 75.3 cm³/mol. The van der Waals surface area contributed by atoms with Crippen molar-refractivity contribution in [1.29, 1.82) is 0 Å². The van der Waals surface area contributed by atoms with Gasteiger partial charge in [-0.1, -0.05) is 11.6 Å². The van der Waals surface area contributed by atoms with Crippen LogP contribution in [0, 0.1) is 5.92 Å². The molecule has 19 heavy (non-hydrogen) atoms. The van der Waals surface area contributed by atoms with Crippen LogP contribution >= 0.6 is 11.6 Å². The zero-order valence-corrected chi connectivity index (χ0v) is 11.7. The normalized spacial score (nSPS) is 17.3. The average molecular weight is 280 g/mol. The van der Waals surface area contributed by atoms with E-state index in [2.05, 4.69) is 9.88 Å². The van der Waals surface area contributed by atoms with Crippen LogP contribution in [0.1, 0.15) is 18.5 Å². The van der Waals surface area contributed by atoms with Crippen molar-refractivity contribution in [2.75, 3.05) is 13.6 Å². The molecule has 1 fully saturated rings. The summed E-state index contributed by atoms with van der Waals surface area (Å²) in [4.78, 5) is 6.66. The fourth-order valence-corrected chi connectivity index (χ4v) is 2.55. The van der Waals surface area contributed by atoms with Crippen molar-refractivity contribution < 1.29 is 5.11 Å². The van der Waals surface area contributed by atoms with Crippen LogP contribution in [0.15, 0.2) is 24.5 Å². The van der Waals surface area contributed by atoms with E-state index in [4.69, 9.17) is 11.6 Å². The highest BCUT2D eigenvalue weighted by molar-refractivity contribution is 6.30. The summed E-state index contributed by atoms with van der Waals surface area (Å²) >= 11 is 5.95. The van der Waals surface area contributed by atoms with Gasteiger partial charge in [-0.2, -0.15) is 0 Å². The topological polar surface area (TPSA) is 40.8 Å². The lowest BCUT2D eigenvalue weighted by molar-refractivity contribution is 0.104. The molecular formula is C14H18ClN3O. The van der Waals surface area contributed by atoms with E-state index in [-0.39, 0.29) is 6.10 Å². The molecule has 0 radical (unpaired) electrons. The maximum absolute atomic E-state index is 9.93. The molecule has 3 rings (SSSR count). The molecule has 0 saturated heterocycles. The maximum atomic E-state index is 9.93. The number of hydrogen-bond acceptors (Lipinski definition) is 3. The fraction of sp³-hybridized carbons (Fsp3) is 0.500. The zero-order valence-electron chi connectivity index (χ0n) is 11.0. The molecule has 102 valence electrons. The zero-order chi connectivity index (χ0) is 13.4. The highest BCUT2D eigenvalue weighted by Gasteiger charge is 2.30. The Hall–Kier alpha value is -1.10. The minimum absolute atomic E-state index is 0.198. The number of fused-ring (bicyclic) bond motifs is 1. The Morgan fingerprint density at radius 1 is 1.47 bits per heavy atom. The van der Waals surface area contributed by atoms with Crippen molar-refractivity contribution in [3.05, 3.63) is 35.2 Å². The van der Waals surface area contributed by atoms with Gasteiger partial charge >= 0.3 is 0 Å². The third-order valence-electron chi connectivity index (χ3n) is 3.56. The second-order valence-electron chi connectivity index (χ2n) is 5.45. The van der Waals surface area contributed by atoms with Gasteiger partial charge in [0.25, 0.3) is 0 Å². The number of rotatable bonds is 5. The molecule has 2 aromatic heterocycles. The third kappa shape index (κ3) is 3.08. The molecule has 0 bridgehead atoms. The fourth-order valence-electron chi connectivity index (χ4n) is 2.38. The summed E-state index contributed by atoms with van der Waals surface area (Å²) in [5, 5.41) is 10.6. The monoisotopic (exact) mass is 279 g/mol. The minimum Gasteiger partial charge on any atom is -0.392 e. The lowest BCUT2D eigenvalue weighted by Crippen LogP contribution is -2.30. The lowest BCUT2D eigenvalue weighted by Gasteiger charge is -2.19. The van der Waals surface area contributed by atoms with Crippen LogP contribution < -0.4 is 0 Å². The van der Waals surface area contributed by atoms with Crippen molar-refractivity contribution in [2.24, 2.45) is 5.92 Å². The highest BCUT2D eigenvalue weighted by atomic mass is 35.5. The molecular weight excluding hydrogens is 262 g/mol. The van der Waals surface area contributed by atoms with Crippen molar-refractivity contribution in [3.8, 4) is 0 Å². The van der Waals surface area contributed by atoms with Crippen molar-refractivity contribution in [1.82, 2.24) is 14.3 Å². The van der Waals surface area contributed by atoms with Gasteiger partial charge in [-0.05, 0) is 37.9 Å². The number of aliphatic hydroxyl groups is 1.